The molecule has 6 nitrogen and oxygen atoms in total. The Balaban J connectivity index is 1.93. The van der Waals surface area contributed by atoms with Gasteiger partial charge in [-0.3, -0.25) is 19.6 Å². The van der Waals surface area contributed by atoms with Crippen molar-refractivity contribution in [1.29, 1.82) is 0 Å². The Morgan fingerprint density at radius 3 is 2.83 bits per heavy atom. The van der Waals surface area contributed by atoms with E-state index in [2.05, 4.69) is 9.97 Å². The molecule has 7 heteroatoms. The highest BCUT2D eigenvalue weighted by Gasteiger charge is 2.51. The summed E-state index contributed by atoms with van der Waals surface area (Å²) in [6.07, 6.45) is 5.44. The minimum Gasteiger partial charge on any atom is -0.367 e. The molecule has 1 aliphatic rings. The standard InChI is InChI=1S/C17H17FN4O2/c18-13-4-1-3-12(9-13)10-15(23)22-8-2-5-17(22,16(19)24)14-11-20-6-7-21-14/h1,3-4,6-7,9,11H,2,5,8,10H2,(H2,19,24)/t17-/m0/s1. The molecule has 1 atom stereocenters. The van der Waals surface area contributed by atoms with Crippen LogP contribution in [0.1, 0.15) is 24.1 Å². The number of nitrogens with zero attached hydrogens (tertiary/aromatic N) is 3. The van der Waals surface area contributed by atoms with Crippen molar-refractivity contribution in [3.8, 4) is 0 Å². The molecule has 124 valence electrons. The minimum absolute atomic E-state index is 0.00689. The monoisotopic (exact) mass is 328 g/mol. The molecule has 1 fully saturated rings. The maximum absolute atomic E-state index is 13.3. The lowest BCUT2D eigenvalue weighted by molar-refractivity contribution is -0.144. The average molecular weight is 328 g/mol. The van der Waals surface area contributed by atoms with Gasteiger partial charge in [0.25, 0.3) is 0 Å². The maximum Gasteiger partial charge on any atom is 0.249 e. The molecule has 3 rings (SSSR count). The normalized spacial score (nSPS) is 20.1. The minimum atomic E-state index is -1.29. The summed E-state index contributed by atoms with van der Waals surface area (Å²) >= 11 is 0. The van der Waals surface area contributed by atoms with Crippen molar-refractivity contribution in [1.82, 2.24) is 14.9 Å². The lowest BCUT2D eigenvalue weighted by Crippen LogP contribution is -2.54. The van der Waals surface area contributed by atoms with E-state index in [0.29, 0.717) is 30.6 Å². The molecule has 0 saturated carbocycles. The van der Waals surface area contributed by atoms with E-state index in [4.69, 9.17) is 5.73 Å². The molecule has 1 aliphatic heterocycles. The van der Waals surface area contributed by atoms with Crippen LogP contribution in [-0.2, 0) is 21.5 Å². The van der Waals surface area contributed by atoms with E-state index >= 15 is 0 Å². The Bertz CT molecular complexity index is 768. The van der Waals surface area contributed by atoms with Crippen LogP contribution in [-0.4, -0.2) is 33.2 Å². The molecule has 2 N–H and O–H groups in total. The number of hydrogen-bond acceptors (Lipinski definition) is 4. The summed E-state index contributed by atoms with van der Waals surface area (Å²) in [6.45, 7) is 0.396. The second-order valence-electron chi connectivity index (χ2n) is 5.77. The number of nitrogens with two attached hydrogens (primary N) is 1. The van der Waals surface area contributed by atoms with Crippen LogP contribution in [0.15, 0.2) is 42.9 Å². The zero-order chi connectivity index (χ0) is 17.2. The van der Waals surface area contributed by atoms with Crippen LogP contribution in [0.5, 0.6) is 0 Å². The second-order valence-corrected chi connectivity index (χ2v) is 5.77. The van der Waals surface area contributed by atoms with Gasteiger partial charge < -0.3 is 10.6 Å². The number of carbonyl (C=O) groups is 2. The van der Waals surface area contributed by atoms with Crippen LogP contribution in [0.4, 0.5) is 4.39 Å². The Morgan fingerprint density at radius 1 is 1.33 bits per heavy atom. The van der Waals surface area contributed by atoms with Crippen molar-refractivity contribution in [3.05, 3.63) is 59.9 Å². The highest BCUT2D eigenvalue weighted by molar-refractivity contribution is 5.92. The van der Waals surface area contributed by atoms with Gasteiger partial charge in [-0.05, 0) is 30.5 Å². The van der Waals surface area contributed by atoms with Crippen LogP contribution in [0, 0.1) is 5.82 Å². The molecular weight excluding hydrogens is 311 g/mol. The first-order valence-electron chi connectivity index (χ1n) is 7.65. The van der Waals surface area contributed by atoms with E-state index in [1.54, 1.807) is 12.1 Å². The van der Waals surface area contributed by atoms with Gasteiger partial charge >= 0.3 is 0 Å². The van der Waals surface area contributed by atoms with E-state index in [9.17, 15) is 14.0 Å². The van der Waals surface area contributed by atoms with Crippen molar-refractivity contribution in [3.63, 3.8) is 0 Å². The summed E-state index contributed by atoms with van der Waals surface area (Å²) in [6, 6.07) is 5.84. The number of amides is 2. The summed E-state index contributed by atoms with van der Waals surface area (Å²) in [5.74, 6) is -1.33. The van der Waals surface area contributed by atoms with Crippen LogP contribution in [0.25, 0.3) is 0 Å². The number of carbonyl (C=O) groups excluding carboxylic acids is 2. The fourth-order valence-corrected chi connectivity index (χ4v) is 3.23. The van der Waals surface area contributed by atoms with Gasteiger partial charge in [0.1, 0.15) is 5.82 Å². The zero-order valence-electron chi connectivity index (χ0n) is 13.0. The third-order valence-electron chi connectivity index (χ3n) is 4.32. The SMILES string of the molecule is NC(=O)[C@@]1(c2cnccn2)CCCN1C(=O)Cc1cccc(F)c1. The predicted octanol–water partition coefficient (Wildman–Crippen LogP) is 1.16. The molecule has 0 spiro atoms. The Hall–Kier alpha value is -2.83. The van der Waals surface area contributed by atoms with Crippen molar-refractivity contribution in [2.75, 3.05) is 6.54 Å². The maximum atomic E-state index is 13.3. The topological polar surface area (TPSA) is 89.2 Å². The van der Waals surface area contributed by atoms with E-state index < -0.39 is 17.3 Å². The predicted molar refractivity (Wildman–Crippen MR) is 84.0 cm³/mol. The second kappa shape index (κ2) is 6.35. The van der Waals surface area contributed by atoms with Crippen LogP contribution in [0.3, 0.4) is 0 Å². The van der Waals surface area contributed by atoms with Gasteiger partial charge in [0.15, 0.2) is 5.54 Å². The molecule has 0 unspecified atom stereocenters. The van der Waals surface area contributed by atoms with Gasteiger partial charge in [-0.15, -0.1) is 0 Å². The fourth-order valence-electron chi connectivity index (χ4n) is 3.23. The molecule has 0 bridgehead atoms. The molecule has 0 radical (unpaired) electrons. The third-order valence-corrected chi connectivity index (χ3v) is 4.32. The first-order valence-corrected chi connectivity index (χ1v) is 7.65. The summed E-state index contributed by atoms with van der Waals surface area (Å²) < 4.78 is 13.3. The van der Waals surface area contributed by atoms with Crippen molar-refractivity contribution < 1.29 is 14.0 Å². The summed E-state index contributed by atoms with van der Waals surface area (Å²) in [5, 5.41) is 0. The van der Waals surface area contributed by atoms with E-state index in [1.165, 1.54) is 35.6 Å². The summed E-state index contributed by atoms with van der Waals surface area (Å²) in [7, 11) is 0. The lowest BCUT2D eigenvalue weighted by Gasteiger charge is -2.35. The number of rotatable bonds is 4. The van der Waals surface area contributed by atoms with Crippen LogP contribution < -0.4 is 5.73 Å². The molecule has 1 saturated heterocycles. The molecular formula is C17H17FN4O2. The summed E-state index contributed by atoms with van der Waals surface area (Å²) in [4.78, 5) is 34.6. The highest BCUT2D eigenvalue weighted by atomic mass is 19.1. The zero-order valence-corrected chi connectivity index (χ0v) is 13.0. The number of benzene rings is 1. The molecule has 2 amide bonds. The van der Waals surface area contributed by atoms with Gasteiger partial charge in [-0.2, -0.15) is 0 Å². The van der Waals surface area contributed by atoms with Crippen molar-refractivity contribution in [2.45, 2.75) is 24.8 Å². The Morgan fingerprint density at radius 2 is 2.17 bits per heavy atom. The van der Waals surface area contributed by atoms with Gasteiger partial charge in [0, 0.05) is 18.9 Å². The number of primary amides is 1. The highest BCUT2D eigenvalue weighted by Crippen LogP contribution is 2.38. The van der Waals surface area contributed by atoms with Crippen LogP contribution >= 0.6 is 0 Å². The molecule has 0 aliphatic carbocycles. The average Bonchev–Trinajstić information content (AvgIpc) is 3.02. The van der Waals surface area contributed by atoms with Gasteiger partial charge in [-0.1, -0.05) is 12.1 Å². The number of halogens is 1. The van der Waals surface area contributed by atoms with Crippen molar-refractivity contribution >= 4 is 11.8 Å². The largest absolute Gasteiger partial charge is 0.367 e. The smallest absolute Gasteiger partial charge is 0.249 e. The summed E-state index contributed by atoms with van der Waals surface area (Å²) in [5.41, 5.74) is 5.27. The molecule has 1 aromatic carbocycles. The Kier molecular flexibility index (Phi) is 4.24. The van der Waals surface area contributed by atoms with E-state index in [1.807, 2.05) is 0 Å². The number of likely N-dealkylation sites (tertiary alicyclic amines) is 1. The number of aromatic nitrogens is 2. The number of hydrogen-bond donors (Lipinski definition) is 1. The first-order chi connectivity index (χ1) is 11.5. The van der Waals surface area contributed by atoms with Crippen LogP contribution in [0.2, 0.25) is 0 Å². The lowest BCUT2D eigenvalue weighted by atomic mass is 9.90. The Labute approximate surface area is 138 Å². The molecule has 2 heterocycles. The first kappa shape index (κ1) is 16.0. The molecule has 1 aromatic heterocycles. The third kappa shape index (κ3) is 2.73. The van der Waals surface area contributed by atoms with Gasteiger partial charge in [0.05, 0.1) is 18.3 Å². The molecule has 24 heavy (non-hydrogen) atoms. The fraction of sp³-hybridized carbons (Fsp3) is 0.294. The quantitative estimate of drug-likeness (QED) is 0.912. The van der Waals surface area contributed by atoms with Gasteiger partial charge in [-0.25, -0.2) is 4.39 Å². The molecule has 2 aromatic rings. The van der Waals surface area contributed by atoms with Crippen molar-refractivity contribution in [2.24, 2.45) is 5.73 Å². The van der Waals surface area contributed by atoms with Gasteiger partial charge in [0.2, 0.25) is 11.8 Å². The van der Waals surface area contributed by atoms with E-state index in [0.717, 1.165) is 0 Å². The van der Waals surface area contributed by atoms with E-state index in [-0.39, 0.29) is 12.3 Å².